The highest BCUT2D eigenvalue weighted by Crippen LogP contribution is 2.26. The van der Waals surface area contributed by atoms with Gasteiger partial charge < -0.3 is 15.2 Å². The van der Waals surface area contributed by atoms with Gasteiger partial charge in [0.15, 0.2) is 11.6 Å². The van der Waals surface area contributed by atoms with E-state index in [0.717, 1.165) is 0 Å². The summed E-state index contributed by atoms with van der Waals surface area (Å²) in [4.78, 5) is 0. The third-order valence-electron chi connectivity index (χ3n) is 3.07. The van der Waals surface area contributed by atoms with Crippen LogP contribution in [0.25, 0.3) is 0 Å². The van der Waals surface area contributed by atoms with Crippen molar-refractivity contribution in [2.45, 2.75) is 19.6 Å². The molecule has 2 N–H and O–H groups in total. The quantitative estimate of drug-likeness (QED) is 0.916. The van der Waals surface area contributed by atoms with Gasteiger partial charge in [0, 0.05) is 11.6 Å². The van der Waals surface area contributed by atoms with Crippen molar-refractivity contribution >= 4 is 0 Å². The average Bonchev–Trinajstić information content (AvgIpc) is 2.46. The summed E-state index contributed by atoms with van der Waals surface area (Å²) in [5.41, 5.74) is 7.01. The molecule has 0 aromatic heterocycles. The van der Waals surface area contributed by atoms with E-state index in [4.69, 9.17) is 15.2 Å². The van der Waals surface area contributed by atoms with Crippen LogP contribution in [0.2, 0.25) is 0 Å². The third kappa shape index (κ3) is 3.70. The zero-order valence-corrected chi connectivity index (χ0v) is 11.9. The van der Waals surface area contributed by atoms with E-state index < -0.39 is 5.82 Å². The first kappa shape index (κ1) is 15.3. The molecule has 0 spiro atoms. The number of methoxy groups -OCH3 is 1. The second-order valence-electron chi connectivity index (χ2n) is 4.73. The molecule has 2 rings (SSSR count). The maximum atomic E-state index is 13.6. The monoisotopic (exact) mass is 293 g/mol. The summed E-state index contributed by atoms with van der Waals surface area (Å²) in [5.74, 6) is -0.158. The fraction of sp³-hybridized carbons (Fsp3) is 0.250. The van der Waals surface area contributed by atoms with E-state index in [0.29, 0.717) is 16.9 Å². The maximum absolute atomic E-state index is 13.6. The van der Waals surface area contributed by atoms with E-state index in [-0.39, 0.29) is 24.2 Å². The first-order chi connectivity index (χ1) is 10.0. The topological polar surface area (TPSA) is 44.5 Å². The minimum absolute atomic E-state index is 0.159. The van der Waals surface area contributed by atoms with Gasteiger partial charge in [-0.3, -0.25) is 0 Å². The van der Waals surface area contributed by atoms with Crippen molar-refractivity contribution in [3.05, 3.63) is 59.2 Å². The van der Waals surface area contributed by atoms with Crippen molar-refractivity contribution in [1.82, 2.24) is 0 Å². The number of halogens is 2. The molecule has 0 saturated heterocycles. The summed E-state index contributed by atoms with van der Waals surface area (Å²) in [7, 11) is 1.40. The van der Waals surface area contributed by atoms with E-state index in [1.54, 1.807) is 13.0 Å². The van der Waals surface area contributed by atoms with Crippen LogP contribution in [0, 0.1) is 11.6 Å². The Morgan fingerprint density at radius 1 is 1.10 bits per heavy atom. The fourth-order valence-corrected chi connectivity index (χ4v) is 1.97. The van der Waals surface area contributed by atoms with E-state index >= 15 is 0 Å². The molecule has 0 unspecified atom stereocenters. The summed E-state index contributed by atoms with van der Waals surface area (Å²) in [6.45, 7) is 1.90. The minimum Gasteiger partial charge on any atom is -0.494 e. The molecule has 0 aliphatic rings. The summed E-state index contributed by atoms with van der Waals surface area (Å²) in [6.07, 6.45) is 0. The fourth-order valence-electron chi connectivity index (χ4n) is 1.97. The molecule has 5 heteroatoms. The van der Waals surface area contributed by atoms with Crippen LogP contribution < -0.4 is 15.2 Å². The molecule has 0 saturated carbocycles. The lowest BCUT2D eigenvalue weighted by molar-refractivity contribution is 0.299. The molecule has 0 fully saturated rings. The molecule has 21 heavy (non-hydrogen) atoms. The van der Waals surface area contributed by atoms with Crippen molar-refractivity contribution in [3.63, 3.8) is 0 Å². The molecule has 0 heterocycles. The zero-order chi connectivity index (χ0) is 15.4. The van der Waals surface area contributed by atoms with Gasteiger partial charge in [0.1, 0.15) is 18.2 Å². The van der Waals surface area contributed by atoms with Crippen LogP contribution in [-0.2, 0) is 6.61 Å². The Morgan fingerprint density at radius 3 is 2.43 bits per heavy atom. The predicted octanol–water partition coefficient (Wildman–Crippen LogP) is 3.57. The maximum Gasteiger partial charge on any atom is 0.165 e. The Morgan fingerprint density at radius 2 is 1.81 bits per heavy atom. The van der Waals surface area contributed by atoms with Gasteiger partial charge >= 0.3 is 0 Å². The molecule has 1 atom stereocenters. The second-order valence-corrected chi connectivity index (χ2v) is 4.73. The molecule has 0 amide bonds. The number of nitrogens with two attached hydrogens (primary N) is 1. The van der Waals surface area contributed by atoms with Crippen molar-refractivity contribution < 1.29 is 18.3 Å². The van der Waals surface area contributed by atoms with Gasteiger partial charge in [-0.15, -0.1) is 0 Å². The average molecular weight is 293 g/mol. The SMILES string of the molecule is COc1ccc(COc2ccc(F)cc2[C@H](C)N)cc1F. The van der Waals surface area contributed by atoms with Crippen LogP contribution in [0.1, 0.15) is 24.1 Å². The van der Waals surface area contributed by atoms with E-state index in [9.17, 15) is 8.78 Å². The lowest BCUT2D eigenvalue weighted by atomic mass is 10.1. The van der Waals surface area contributed by atoms with Gasteiger partial charge in [0.05, 0.1) is 7.11 Å². The van der Waals surface area contributed by atoms with Gasteiger partial charge in [-0.2, -0.15) is 0 Å². The van der Waals surface area contributed by atoms with Crippen LogP contribution in [-0.4, -0.2) is 7.11 Å². The Bertz CT molecular complexity index is 630. The highest BCUT2D eigenvalue weighted by Gasteiger charge is 2.10. The smallest absolute Gasteiger partial charge is 0.165 e. The van der Waals surface area contributed by atoms with Crippen molar-refractivity contribution in [3.8, 4) is 11.5 Å². The van der Waals surface area contributed by atoms with E-state index in [2.05, 4.69) is 0 Å². The molecule has 2 aromatic carbocycles. The highest BCUT2D eigenvalue weighted by atomic mass is 19.1. The molecule has 0 aliphatic heterocycles. The lowest BCUT2D eigenvalue weighted by Gasteiger charge is -2.14. The molecular weight excluding hydrogens is 276 g/mol. The molecular formula is C16H17F2NO2. The molecule has 0 radical (unpaired) electrons. The Labute approximate surface area is 122 Å². The summed E-state index contributed by atoms with van der Waals surface area (Å²) >= 11 is 0. The van der Waals surface area contributed by atoms with E-state index in [1.807, 2.05) is 0 Å². The Balaban J connectivity index is 2.15. The van der Waals surface area contributed by atoms with Crippen LogP contribution in [0.15, 0.2) is 36.4 Å². The van der Waals surface area contributed by atoms with Crippen molar-refractivity contribution in [2.24, 2.45) is 5.73 Å². The van der Waals surface area contributed by atoms with Gasteiger partial charge in [-0.1, -0.05) is 6.07 Å². The summed E-state index contributed by atoms with van der Waals surface area (Å²) in [6, 6.07) is 8.39. The van der Waals surface area contributed by atoms with Crippen LogP contribution in [0.3, 0.4) is 0 Å². The molecule has 0 aliphatic carbocycles. The van der Waals surface area contributed by atoms with Crippen LogP contribution >= 0.6 is 0 Å². The Hall–Kier alpha value is -2.14. The van der Waals surface area contributed by atoms with Crippen molar-refractivity contribution in [2.75, 3.05) is 7.11 Å². The Kier molecular flexibility index (Phi) is 4.75. The third-order valence-corrected chi connectivity index (χ3v) is 3.07. The summed E-state index contributed by atoms with van der Waals surface area (Å²) in [5, 5.41) is 0. The normalized spacial score (nSPS) is 12.0. The zero-order valence-electron chi connectivity index (χ0n) is 11.9. The predicted molar refractivity (Wildman–Crippen MR) is 76.3 cm³/mol. The van der Waals surface area contributed by atoms with Gasteiger partial charge in [-0.25, -0.2) is 8.78 Å². The van der Waals surface area contributed by atoms with E-state index in [1.165, 1.54) is 37.4 Å². The van der Waals surface area contributed by atoms with Crippen LogP contribution in [0.4, 0.5) is 8.78 Å². The van der Waals surface area contributed by atoms with Gasteiger partial charge in [0.2, 0.25) is 0 Å². The molecule has 3 nitrogen and oxygen atoms in total. The number of hydrogen-bond donors (Lipinski definition) is 1. The second kappa shape index (κ2) is 6.54. The number of benzene rings is 2. The number of hydrogen-bond acceptors (Lipinski definition) is 3. The van der Waals surface area contributed by atoms with Gasteiger partial charge in [-0.05, 0) is 42.8 Å². The molecule has 2 aromatic rings. The minimum atomic E-state index is -0.454. The molecule has 112 valence electrons. The number of ether oxygens (including phenoxy) is 2. The first-order valence-corrected chi connectivity index (χ1v) is 6.51. The number of rotatable bonds is 5. The molecule has 0 bridgehead atoms. The largest absolute Gasteiger partial charge is 0.494 e. The first-order valence-electron chi connectivity index (χ1n) is 6.51. The van der Waals surface area contributed by atoms with Crippen LogP contribution in [0.5, 0.6) is 11.5 Å². The highest BCUT2D eigenvalue weighted by molar-refractivity contribution is 5.36. The summed E-state index contributed by atoms with van der Waals surface area (Å²) < 4.78 is 37.3. The van der Waals surface area contributed by atoms with Gasteiger partial charge in [0.25, 0.3) is 0 Å². The lowest BCUT2D eigenvalue weighted by Crippen LogP contribution is -2.08. The van der Waals surface area contributed by atoms with Crippen molar-refractivity contribution in [1.29, 1.82) is 0 Å². The standard InChI is InChI=1S/C16H17F2NO2/c1-10(19)13-8-12(17)4-6-15(13)21-9-11-3-5-16(20-2)14(18)7-11/h3-8,10H,9,19H2,1-2H3/t10-/m0/s1.